The summed E-state index contributed by atoms with van der Waals surface area (Å²) >= 11 is 0. The number of aromatic nitrogens is 1. The van der Waals surface area contributed by atoms with E-state index in [1.807, 2.05) is 48.8 Å². The van der Waals surface area contributed by atoms with E-state index in [1.54, 1.807) is 0 Å². The second-order valence-corrected chi connectivity index (χ2v) is 7.23. The van der Waals surface area contributed by atoms with Crippen molar-refractivity contribution < 1.29 is 0 Å². The number of aliphatic imine (C=N–C) groups is 1. The second-order valence-electron chi connectivity index (χ2n) is 7.23. The summed E-state index contributed by atoms with van der Waals surface area (Å²) in [4.78, 5) is 9.07. The van der Waals surface area contributed by atoms with Crippen molar-refractivity contribution in [3.63, 3.8) is 0 Å². The van der Waals surface area contributed by atoms with E-state index >= 15 is 0 Å². The van der Waals surface area contributed by atoms with E-state index in [0.717, 1.165) is 34.0 Å². The normalized spacial score (nSPS) is 25.1. The number of hydrogen-bond acceptors (Lipinski definition) is 3. The van der Waals surface area contributed by atoms with E-state index in [2.05, 4.69) is 42.0 Å². The van der Waals surface area contributed by atoms with E-state index in [-0.39, 0.29) is 12.0 Å². The number of hydrogen-bond donors (Lipinski definition) is 1. The van der Waals surface area contributed by atoms with Crippen molar-refractivity contribution in [3.05, 3.63) is 72.0 Å². The minimum atomic E-state index is 0.224. The number of pyridine rings is 1. The fraction of sp³-hybridized carbons (Fsp3) is 0.261. The van der Waals surface area contributed by atoms with Crippen molar-refractivity contribution in [2.75, 3.05) is 0 Å². The van der Waals surface area contributed by atoms with Gasteiger partial charge in [-0.15, -0.1) is 0 Å². The molecule has 1 N–H and O–H groups in total. The Morgan fingerprint density at radius 2 is 2.04 bits per heavy atom. The molecule has 26 heavy (non-hydrogen) atoms. The molecule has 130 valence electrons. The Hall–Kier alpha value is -2.81. The minimum absolute atomic E-state index is 0.224. The quantitative estimate of drug-likeness (QED) is 0.601. The highest BCUT2D eigenvalue weighted by Crippen LogP contribution is 2.33. The maximum atomic E-state index is 8.69. The van der Waals surface area contributed by atoms with Gasteiger partial charge in [-0.05, 0) is 60.3 Å². The first-order chi connectivity index (χ1) is 12.6. The van der Waals surface area contributed by atoms with Crippen molar-refractivity contribution >= 4 is 28.4 Å². The van der Waals surface area contributed by atoms with Crippen LogP contribution in [-0.2, 0) is 0 Å². The molecule has 3 unspecified atom stereocenters. The molecular formula is C23H23N3. The SMILES string of the molecule is C/C(=C\C(=N)C1=CC=NC2CC(C)C=CC12)c1ccnc2ccccc12. The third-order valence-corrected chi connectivity index (χ3v) is 5.31. The zero-order chi connectivity index (χ0) is 18.1. The molecular weight excluding hydrogens is 318 g/mol. The molecule has 1 aromatic carbocycles. The molecule has 0 saturated heterocycles. The van der Waals surface area contributed by atoms with Gasteiger partial charge >= 0.3 is 0 Å². The fourth-order valence-corrected chi connectivity index (χ4v) is 3.94. The van der Waals surface area contributed by atoms with Crippen LogP contribution in [0.5, 0.6) is 0 Å². The van der Waals surface area contributed by atoms with Crippen molar-refractivity contribution in [2.45, 2.75) is 26.3 Å². The summed E-state index contributed by atoms with van der Waals surface area (Å²) in [6.07, 6.45) is 13.2. The molecule has 0 amide bonds. The Bertz CT molecular complexity index is 973. The maximum Gasteiger partial charge on any atom is 0.0708 e. The van der Waals surface area contributed by atoms with Gasteiger partial charge in [0.2, 0.25) is 0 Å². The molecule has 4 rings (SSSR count). The fourth-order valence-electron chi connectivity index (χ4n) is 3.94. The van der Waals surface area contributed by atoms with E-state index < -0.39 is 0 Å². The van der Waals surface area contributed by atoms with Crippen LogP contribution in [-0.4, -0.2) is 23.0 Å². The summed E-state index contributed by atoms with van der Waals surface area (Å²) in [5.41, 5.74) is 4.84. The zero-order valence-corrected chi connectivity index (χ0v) is 15.2. The van der Waals surface area contributed by atoms with Gasteiger partial charge in [0.15, 0.2) is 0 Å². The van der Waals surface area contributed by atoms with Crippen LogP contribution in [0.2, 0.25) is 0 Å². The maximum absolute atomic E-state index is 8.69. The van der Waals surface area contributed by atoms with Crippen molar-refractivity contribution in [1.82, 2.24) is 4.98 Å². The van der Waals surface area contributed by atoms with Gasteiger partial charge in [-0.1, -0.05) is 37.3 Å². The van der Waals surface area contributed by atoms with Crippen LogP contribution in [0.3, 0.4) is 0 Å². The second kappa shape index (κ2) is 6.83. The van der Waals surface area contributed by atoms with Gasteiger partial charge in [-0.2, -0.15) is 0 Å². The van der Waals surface area contributed by atoms with Crippen LogP contribution in [0.25, 0.3) is 16.5 Å². The van der Waals surface area contributed by atoms with Crippen molar-refractivity contribution in [2.24, 2.45) is 16.8 Å². The number of benzene rings is 1. The predicted molar refractivity (Wildman–Crippen MR) is 110 cm³/mol. The standard InChI is InChI=1S/C23H23N3/c1-15-7-8-20-18(10-12-26-23(20)13-15)21(24)14-16(2)17-9-11-25-22-6-4-3-5-19(17)22/h3-12,14-15,20,23-24H,13H2,1-2H3/b16-14+,24-21?. The highest BCUT2D eigenvalue weighted by atomic mass is 14.8. The lowest BCUT2D eigenvalue weighted by Gasteiger charge is -2.31. The number of allylic oxidation sites excluding steroid dienone is 4. The lowest BCUT2D eigenvalue weighted by Crippen LogP contribution is -2.29. The van der Waals surface area contributed by atoms with Gasteiger partial charge in [0.25, 0.3) is 0 Å². The molecule has 2 aliphatic rings. The number of nitrogens with one attached hydrogen (secondary N) is 1. The van der Waals surface area contributed by atoms with E-state index in [9.17, 15) is 0 Å². The van der Waals surface area contributed by atoms with Crippen LogP contribution < -0.4 is 0 Å². The Labute approximate surface area is 154 Å². The molecule has 3 nitrogen and oxygen atoms in total. The summed E-state index contributed by atoms with van der Waals surface area (Å²) in [6.45, 7) is 4.30. The van der Waals surface area contributed by atoms with E-state index in [1.165, 1.54) is 0 Å². The highest BCUT2D eigenvalue weighted by Gasteiger charge is 2.29. The lowest BCUT2D eigenvalue weighted by molar-refractivity contribution is 0.448. The Balaban J connectivity index is 1.67. The first-order valence-corrected chi connectivity index (χ1v) is 9.16. The average Bonchev–Trinajstić information content (AvgIpc) is 2.66. The Morgan fingerprint density at radius 3 is 2.92 bits per heavy atom. The van der Waals surface area contributed by atoms with Crippen LogP contribution in [0.4, 0.5) is 0 Å². The topological polar surface area (TPSA) is 49.1 Å². The van der Waals surface area contributed by atoms with Crippen LogP contribution in [0.1, 0.15) is 25.8 Å². The summed E-state index contributed by atoms with van der Waals surface area (Å²) in [5, 5.41) is 9.81. The van der Waals surface area contributed by atoms with E-state index in [4.69, 9.17) is 5.41 Å². The number of nitrogens with zero attached hydrogens (tertiary/aromatic N) is 2. The molecule has 0 bridgehead atoms. The third kappa shape index (κ3) is 3.05. The monoisotopic (exact) mass is 341 g/mol. The molecule has 3 atom stereocenters. The number of fused-ring (bicyclic) bond motifs is 2. The summed E-state index contributed by atoms with van der Waals surface area (Å²) in [5.74, 6) is 0.782. The minimum Gasteiger partial charge on any atom is -0.301 e. The number of rotatable bonds is 3. The molecule has 2 aromatic rings. The first-order valence-electron chi connectivity index (χ1n) is 9.16. The van der Waals surface area contributed by atoms with Crippen molar-refractivity contribution in [3.8, 4) is 0 Å². The zero-order valence-electron chi connectivity index (χ0n) is 15.2. The molecule has 1 aromatic heterocycles. The van der Waals surface area contributed by atoms with Gasteiger partial charge in [-0.3, -0.25) is 9.98 Å². The van der Waals surface area contributed by atoms with Gasteiger partial charge in [0.1, 0.15) is 0 Å². The molecule has 0 fully saturated rings. The van der Waals surface area contributed by atoms with Gasteiger partial charge in [0, 0.05) is 23.7 Å². The summed E-state index contributed by atoms with van der Waals surface area (Å²) < 4.78 is 0. The lowest BCUT2D eigenvalue weighted by atomic mass is 9.78. The molecule has 0 radical (unpaired) electrons. The van der Waals surface area contributed by atoms with Crippen LogP contribution in [0.15, 0.2) is 71.4 Å². The Morgan fingerprint density at radius 1 is 1.19 bits per heavy atom. The summed E-state index contributed by atoms with van der Waals surface area (Å²) in [7, 11) is 0. The molecule has 0 spiro atoms. The largest absolute Gasteiger partial charge is 0.301 e. The number of para-hydroxylation sites is 1. The van der Waals surface area contributed by atoms with Gasteiger partial charge < -0.3 is 5.41 Å². The molecule has 1 aliphatic carbocycles. The van der Waals surface area contributed by atoms with Crippen LogP contribution >= 0.6 is 0 Å². The molecule has 0 saturated carbocycles. The molecule has 3 heteroatoms. The predicted octanol–water partition coefficient (Wildman–Crippen LogP) is 5.25. The van der Waals surface area contributed by atoms with Crippen LogP contribution in [0, 0.1) is 17.2 Å². The Kier molecular flexibility index (Phi) is 4.37. The summed E-state index contributed by atoms with van der Waals surface area (Å²) in [6, 6.07) is 10.4. The highest BCUT2D eigenvalue weighted by molar-refractivity contribution is 6.13. The van der Waals surface area contributed by atoms with Gasteiger partial charge in [0.05, 0.1) is 17.3 Å². The van der Waals surface area contributed by atoms with Crippen molar-refractivity contribution in [1.29, 1.82) is 5.41 Å². The van der Waals surface area contributed by atoms with E-state index in [0.29, 0.717) is 11.6 Å². The van der Waals surface area contributed by atoms with Gasteiger partial charge in [-0.25, -0.2) is 0 Å². The first kappa shape index (κ1) is 16.6. The smallest absolute Gasteiger partial charge is 0.0708 e. The molecule has 2 heterocycles. The molecule has 1 aliphatic heterocycles. The average molecular weight is 341 g/mol. The third-order valence-electron chi connectivity index (χ3n) is 5.31. The number of dihydropyridines is 1.